The fraction of sp³-hybridized carbons (Fsp3) is 0.278. The number of carbonyl (C=O) groups is 1. The minimum atomic E-state index is -4.03. The maximum atomic E-state index is 12.5. The molecule has 3 rings (SSSR count). The summed E-state index contributed by atoms with van der Waals surface area (Å²) in [5.41, 5.74) is 0.692. The number of esters is 1. The molecule has 8 heteroatoms. The quantitative estimate of drug-likeness (QED) is 0.583. The molecule has 1 aliphatic heterocycles. The molecule has 7 nitrogen and oxygen atoms in total. The fourth-order valence-electron chi connectivity index (χ4n) is 2.38. The van der Waals surface area contributed by atoms with E-state index in [2.05, 4.69) is 4.74 Å². The van der Waals surface area contributed by atoms with Crippen LogP contribution in [-0.2, 0) is 26.1 Å². The first-order valence-electron chi connectivity index (χ1n) is 7.98. The van der Waals surface area contributed by atoms with Crippen LogP contribution in [-0.4, -0.2) is 34.7 Å². The molecule has 0 unspecified atom stereocenters. The Morgan fingerprint density at radius 2 is 1.73 bits per heavy atom. The summed E-state index contributed by atoms with van der Waals surface area (Å²) in [5, 5.41) is 0. The monoisotopic (exact) mass is 378 g/mol. The molecule has 0 N–H and O–H groups in total. The normalized spacial score (nSPS) is 13.6. The number of fused-ring (bicyclic) bond motifs is 1. The van der Waals surface area contributed by atoms with Gasteiger partial charge in [0.1, 0.15) is 10.6 Å². The van der Waals surface area contributed by atoms with Gasteiger partial charge in [0.25, 0.3) is 0 Å². The van der Waals surface area contributed by atoms with Gasteiger partial charge in [0.2, 0.25) is 0 Å². The third kappa shape index (κ3) is 4.26. The maximum absolute atomic E-state index is 12.5. The van der Waals surface area contributed by atoms with E-state index >= 15 is 0 Å². The highest BCUT2D eigenvalue weighted by molar-refractivity contribution is 7.87. The second-order valence-corrected chi connectivity index (χ2v) is 7.14. The van der Waals surface area contributed by atoms with Crippen molar-refractivity contribution in [1.82, 2.24) is 0 Å². The Bertz CT molecular complexity index is 888. The molecule has 138 valence electrons. The molecular weight excluding hydrogens is 360 g/mol. The van der Waals surface area contributed by atoms with Gasteiger partial charge in [0.15, 0.2) is 11.5 Å². The van der Waals surface area contributed by atoms with Crippen LogP contribution in [0.3, 0.4) is 0 Å². The van der Waals surface area contributed by atoms with Crippen molar-refractivity contribution >= 4 is 16.1 Å². The molecule has 0 amide bonds. The molecule has 1 heterocycles. The molecule has 0 aliphatic carbocycles. The Labute approximate surface area is 151 Å². The van der Waals surface area contributed by atoms with Crippen LogP contribution in [0.25, 0.3) is 0 Å². The lowest BCUT2D eigenvalue weighted by atomic mass is 10.1. The Hall–Kier alpha value is -2.74. The third-order valence-electron chi connectivity index (χ3n) is 3.71. The Morgan fingerprint density at radius 1 is 1.04 bits per heavy atom. The van der Waals surface area contributed by atoms with Crippen molar-refractivity contribution in [2.75, 3.05) is 20.3 Å². The van der Waals surface area contributed by atoms with Crippen LogP contribution >= 0.6 is 0 Å². The zero-order valence-corrected chi connectivity index (χ0v) is 15.0. The number of hydrogen-bond donors (Lipinski definition) is 0. The minimum absolute atomic E-state index is 0.0274. The van der Waals surface area contributed by atoms with Crippen molar-refractivity contribution in [3.05, 3.63) is 48.0 Å². The first kappa shape index (κ1) is 18.1. The van der Waals surface area contributed by atoms with Crippen LogP contribution in [0, 0.1) is 0 Å². The predicted molar refractivity (Wildman–Crippen MR) is 92.0 cm³/mol. The van der Waals surface area contributed by atoms with Gasteiger partial charge in [-0.25, -0.2) is 0 Å². The van der Waals surface area contributed by atoms with E-state index in [1.807, 2.05) is 0 Å². The van der Waals surface area contributed by atoms with Crippen LogP contribution in [0.5, 0.6) is 17.2 Å². The summed E-state index contributed by atoms with van der Waals surface area (Å²) in [4.78, 5) is 11.2. The van der Waals surface area contributed by atoms with Crippen molar-refractivity contribution in [2.24, 2.45) is 0 Å². The molecule has 0 saturated heterocycles. The third-order valence-corrected chi connectivity index (χ3v) is 4.96. The Morgan fingerprint density at radius 3 is 2.42 bits per heavy atom. The van der Waals surface area contributed by atoms with Gasteiger partial charge in [-0.1, -0.05) is 12.1 Å². The van der Waals surface area contributed by atoms with Gasteiger partial charge in [-0.3, -0.25) is 4.79 Å². The van der Waals surface area contributed by atoms with Gasteiger partial charge in [0.05, 0.1) is 26.7 Å². The zero-order valence-electron chi connectivity index (χ0n) is 14.1. The van der Waals surface area contributed by atoms with Crippen LogP contribution in [0.1, 0.15) is 12.0 Å². The number of methoxy groups -OCH3 is 1. The molecule has 0 aromatic heterocycles. The summed E-state index contributed by atoms with van der Waals surface area (Å²) in [6, 6.07) is 10.5. The highest BCUT2D eigenvalue weighted by Gasteiger charge is 2.21. The first-order valence-corrected chi connectivity index (χ1v) is 9.39. The molecule has 26 heavy (non-hydrogen) atoms. The van der Waals surface area contributed by atoms with Crippen LogP contribution < -0.4 is 13.7 Å². The van der Waals surface area contributed by atoms with Gasteiger partial charge in [-0.2, -0.15) is 8.42 Å². The van der Waals surface area contributed by atoms with E-state index in [4.69, 9.17) is 13.7 Å². The number of hydrogen-bond acceptors (Lipinski definition) is 7. The summed E-state index contributed by atoms with van der Waals surface area (Å²) in [6.45, 7) is 0.979. The molecule has 0 saturated carbocycles. The summed E-state index contributed by atoms with van der Waals surface area (Å²) in [5.74, 6) is 0.651. The molecule has 0 atom stereocenters. The van der Waals surface area contributed by atoms with Gasteiger partial charge in [0, 0.05) is 12.5 Å². The van der Waals surface area contributed by atoms with Crippen molar-refractivity contribution in [3.8, 4) is 17.2 Å². The molecule has 0 spiro atoms. The summed E-state index contributed by atoms with van der Waals surface area (Å²) >= 11 is 0. The highest BCUT2D eigenvalue weighted by atomic mass is 32.2. The molecule has 2 aromatic rings. The molecule has 0 fully saturated rings. The summed E-state index contributed by atoms with van der Waals surface area (Å²) in [7, 11) is -2.72. The molecular formula is C18H18O7S. The molecule has 2 aromatic carbocycles. The Balaban J connectivity index is 1.76. The second-order valence-electron chi connectivity index (χ2n) is 5.59. The van der Waals surface area contributed by atoms with Crippen molar-refractivity contribution in [1.29, 1.82) is 0 Å². The number of ether oxygens (including phenoxy) is 3. The van der Waals surface area contributed by atoms with E-state index < -0.39 is 10.1 Å². The molecule has 0 radical (unpaired) electrons. The van der Waals surface area contributed by atoms with Gasteiger partial charge >= 0.3 is 16.1 Å². The standard InChI is InChI=1S/C18H18O7S/c1-22-18(19)11-13-3-5-14(6-4-13)25-26(20,21)15-7-8-16-17(12-15)24-10-2-9-23-16/h3-8,12H,2,9-11H2,1H3. The fourth-order valence-corrected chi connectivity index (χ4v) is 3.32. The average molecular weight is 378 g/mol. The lowest BCUT2D eigenvalue weighted by molar-refractivity contribution is -0.139. The van der Waals surface area contributed by atoms with Gasteiger partial charge < -0.3 is 18.4 Å². The number of carbonyl (C=O) groups excluding carboxylic acids is 1. The van der Waals surface area contributed by atoms with E-state index in [0.717, 1.165) is 6.42 Å². The first-order chi connectivity index (χ1) is 12.5. The average Bonchev–Trinajstić information content (AvgIpc) is 2.87. The van der Waals surface area contributed by atoms with Crippen molar-refractivity contribution < 1.29 is 31.6 Å². The minimum Gasteiger partial charge on any atom is -0.490 e. The lowest BCUT2D eigenvalue weighted by Crippen LogP contribution is -2.10. The van der Waals surface area contributed by atoms with Crippen molar-refractivity contribution in [3.63, 3.8) is 0 Å². The van der Waals surface area contributed by atoms with Crippen molar-refractivity contribution in [2.45, 2.75) is 17.7 Å². The van der Waals surface area contributed by atoms with Crippen LogP contribution in [0.2, 0.25) is 0 Å². The zero-order chi connectivity index (χ0) is 18.6. The van der Waals surface area contributed by atoms with E-state index in [-0.39, 0.29) is 23.0 Å². The van der Waals surface area contributed by atoms with Gasteiger partial charge in [-0.05, 0) is 29.8 Å². The van der Waals surface area contributed by atoms with E-state index in [1.165, 1.54) is 31.4 Å². The van der Waals surface area contributed by atoms with E-state index in [9.17, 15) is 13.2 Å². The summed E-state index contributed by atoms with van der Waals surface area (Å²) < 4.78 is 45.7. The van der Waals surface area contributed by atoms with Gasteiger partial charge in [-0.15, -0.1) is 0 Å². The predicted octanol–water partition coefficient (Wildman–Crippen LogP) is 2.33. The Kier molecular flexibility index (Phi) is 5.32. The molecule has 1 aliphatic rings. The summed E-state index contributed by atoms with van der Waals surface area (Å²) in [6.07, 6.45) is 0.830. The largest absolute Gasteiger partial charge is 0.490 e. The SMILES string of the molecule is COC(=O)Cc1ccc(OS(=O)(=O)c2ccc3c(c2)OCCCO3)cc1. The van der Waals surface area contributed by atoms with Crippen LogP contribution in [0.4, 0.5) is 0 Å². The second kappa shape index (κ2) is 7.65. The number of benzene rings is 2. The van der Waals surface area contributed by atoms with E-state index in [0.29, 0.717) is 30.3 Å². The van der Waals surface area contributed by atoms with E-state index in [1.54, 1.807) is 18.2 Å². The lowest BCUT2D eigenvalue weighted by Gasteiger charge is -2.11. The number of rotatable bonds is 5. The highest BCUT2D eigenvalue weighted by Crippen LogP contribution is 2.32. The molecule has 0 bridgehead atoms. The van der Waals surface area contributed by atoms with Crippen LogP contribution in [0.15, 0.2) is 47.4 Å². The topological polar surface area (TPSA) is 88.1 Å². The smallest absolute Gasteiger partial charge is 0.339 e. The maximum Gasteiger partial charge on any atom is 0.339 e.